The fraction of sp³-hybridized carbons (Fsp3) is 0.269. The lowest BCUT2D eigenvalue weighted by Gasteiger charge is -2.24. The van der Waals surface area contributed by atoms with Crippen LogP contribution in [-0.4, -0.2) is 38.3 Å². The highest BCUT2D eigenvalue weighted by Crippen LogP contribution is 2.30. The van der Waals surface area contributed by atoms with E-state index in [9.17, 15) is 4.79 Å². The first-order chi connectivity index (χ1) is 16.3. The molecule has 0 bridgehead atoms. The molecule has 0 saturated heterocycles. The van der Waals surface area contributed by atoms with Gasteiger partial charge in [-0.05, 0) is 73.9 Å². The zero-order valence-corrected chi connectivity index (χ0v) is 19.7. The minimum absolute atomic E-state index is 0.301. The highest BCUT2D eigenvalue weighted by molar-refractivity contribution is 5.79. The standard InChI is InChI=1S/C26H27N5O3/c1-26(2,3)34-25(32)30-15-18-10-11-20(13-19(18)16-30)27-24-28-23-22(9-6-12-31(23)29-24)17-7-5-8-21(14-17)33-4/h5-14H,15-16H2,1-4H3,(H,27,29). The van der Waals surface area contributed by atoms with Gasteiger partial charge in [-0.2, -0.15) is 4.98 Å². The number of nitrogens with one attached hydrogen (secondary N) is 1. The molecule has 8 heteroatoms. The van der Waals surface area contributed by atoms with Crippen molar-refractivity contribution in [2.45, 2.75) is 39.5 Å². The minimum atomic E-state index is -0.517. The third-order valence-electron chi connectivity index (χ3n) is 5.58. The molecule has 34 heavy (non-hydrogen) atoms. The van der Waals surface area contributed by atoms with E-state index < -0.39 is 5.60 Å². The lowest BCUT2D eigenvalue weighted by Crippen LogP contribution is -2.33. The van der Waals surface area contributed by atoms with Gasteiger partial charge in [-0.25, -0.2) is 9.31 Å². The molecule has 1 aliphatic rings. The van der Waals surface area contributed by atoms with Gasteiger partial charge in [-0.3, -0.25) is 4.90 Å². The van der Waals surface area contributed by atoms with Gasteiger partial charge in [-0.1, -0.05) is 18.2 Å². The average molecular weight is 458 g/mol. The van der Waals surface area contributed by atoms with E-state index in [-0.39, 0.29) is 6.09 Å². The topological polar surface area (TPSA) is 81.0 Å². The Hall–Kier alpha value is -4.07. The number of hydrogen-bond donors (Lipinski definition) is 1. The molecule has 0 spiro atoms. The summed E-state index contributed by atoms with van der Waals surface area (Å²) in [5.74, 6) is 1.29. The van der Waals surface area contributed by atoms with Crippen LogP contribution in [0.3, 0.4) is 0 Å². The first-order valence-corrected chi connectivity index (χ1v) is 11.2. The predicted molar refractivity (Wildman–Crippen MR) is 130 cm³/mol. The quantitative estimate of drug-likeness (QED) is 0.442. The summed E-state index contributed by atoms with van der Waals surface area (Å²) in [6, 6.07) is 17.9. The molecular formula is C26H27N5O3. The fourth-order valence-electron chi connectivity index (χ4n) is 4.03. The monoisotopic (exact) mass is 457 g/mol. The highest BCUT2D eigenvalue weighted by atomic mass is 16.6. The van der Waals surface area contributed by atoms with Crippen LogP contribution in [0.1, 0.15) is 31.9 Å². The molecule has 2 aromatic carbocycles. The molecule has 0 aliphatic carbocycles. The molecular weight excluding hydrogens is 430 g/mol. The van der Waals surface area contributed by atoms with Gasteiger partial charge in [0.2, 0.25) is 5.95 Å². The number of methoxy groups -OCH3 is 1. The second kappa shape index (κ2) is 8.37. The number of carbonyl (C=O) groups excluding carboxylic acids is 1. The van der Waals surface area contributed by atoms with Crippen molar-refractivity contribution in [3.63, 3.8) is 0 Å². The summed E-state index contributed by atoms with van der Waals surface area (Å²) in [4.78, 5) is 18.9. The SMILES string of the molecule is COc1cccc(-c2cccn3nc(Nc4ccc5c(c4)CN(C(=O)OC(C)(C)C)C5)nc23)c1. The van der Waals surface area contributed by atoms with E-state index in [1.807, 2.05) is 81.6 Å². The van der Waals surface area contributed by atoms with Crippen LogP contribution in [0, 0.1) is 0 Å². The van der Waals surface area contributed by atoms with Crippen LogP contribution in [0.25, 0.3) is 16.8 Å². The van der Waals surface area contributed by atoms with E-state index in [0.717, 1.165) is 39.3 Å². The molecule has 0 radical (unpaired) electrons. The van der Waals surface area contributed by atoms with Crippen LogP contribution in [0.15, 0.2) is 60.8 Å². The number of hydrogen-bond acceptors (Lipinski definition) is 6. The first-order valence-electron chi connectivity index (χ1n) is 11.2. The molecule has 1 N–H and O–H groups in total. The maximum absolute atomic E-state index is 12.5. The van der Waals surface area contributed by atoms with Crippen molar-refractivity contribution < 1.29 is 14.3 Å². The lowest BCUT2D eigenvalue weighted by atomic mass is 10.1. The van der Waals surface area contributed by atoms with Gasteiger partial charge in [0.05, 0.1) is 7.11 Å². The van der Waals surface area contributed by atoms with Gasteiger partial charge < -0.3 is 14.8 Å². The molecule has 4 aromatic rings. The van der Waals surface area contributed by atoms with Gasteiger partial charge >= 0.3 is 6.09 Å². The van der Waals surface area contributed by atoms with Crippen LogP contribution in [0.4, 0.5) is 16.4 Å². The zero-order chi connectivity index (χ0) is 23.9. The van der Waals surface area contributed by atoms with E-state index in [0.29, 0.717) is 19.0 Å². The Labute approximate surface area is 198 Å². The molecule has 8 nitrogen and oxygen atoms in total. The minimum Gasteiger partial charge on any atom is -0.497 e. The van der Waals surface area contributed by atoms with Crippen molar-refractivity contribution in [3.05, 3.63) is 71.9 Å². The summed E-state index contributed by atoms with van der Waals surface area (Å²) in [5.41, 5.74) is 5.25. The van der Waals surface area contributed by atoms with Crippen LogP contribution in [0.5, 0.6) is 5.75 Å². The van der Waals surface area contributed by atoms with Crippen molar-refractivity contribution >= 4 is 23.4 Å². The molecule has 3 heterocycles. The second-order valence-electron chi connectivity index (χ2n) is 9.30. The lowest BCUT2D eigenvalue weighted by molar-refractivity contribution is 0.0242. The number of anilines is 2. The molecule has 0 fully saturated rings. The number of aromatic nitrogens is 3. The van der Waals surface area contributed by atoms with Gasteiger partial charge in [-0.15, -0.1) is 5.10 Å². The summed E-state index contributed by atoms with van der Waals surface area (Å²) < 4.78 is 12.6. The van der Waals surface area contributed by atoms with Crippen molar-refractivity contribution in [2.75, 3.05) is 12.4 Å². The highest BCUT2D eigenvalue weighted by Gasteiger charge is 2.28. The van der Waals surface area contributed by atoms with Gasteiger partial charge in [0.15, 0.2) is 5.65 Å². The van der Waals surface area contributed by atoms with Crippen LogP contribution in [0.2, 0.25) is 0 Å². The smallest absolute Gasteiger partial charge is 0.410 e. The van der Waals surface area contributed by atoms with Crippen LogP contribution < -0.4 is 10.1 Å². The first kappa shape index (κ1) is 21.8. The number of benzene rings is 2. The Morgan fingerprint density at radius 3 is 2.65 bits per heavy atom. The Morgan fingerprint density at radius 2 is 1.85 bits per heavy atom. The number of amides is 1. The fourth-order valence-corrected chi connectivity index (χ4v) is 4.03. The molecule has 2 aromatic heterocycles. The third kappa shape index (κ3) is 4.39. The Kier molecular flexibility index (Phi) is 5.36. The summed E-state index contributed by atoms with van der Waals surface area (Å²) in [6.07, 6.45) is 1.57. The summed E-state index contributed by atoms with van der Waals surface area (Å²) in [5, 5.41) is 7.90. The average Bonchev–Trinajstić information content (AvgIpc) is 3.41. The zero-order valence-electron chi connectivity index (χ0n) is 19.7. The second-order valence-corrected chi connectivity index (χ2v) is 9.30. The van der Waals surface area contributed by atoms with E-state index in [4.69, 9.17) is 14.5 Å². The summed E-state index contributed by atoms with van der Waals surface area (Å²) in [6.45, 7) is 6.67. The van der Waals surface area contributed by atoms with E-state index in [2.05, 4.69) is 10.4 Å². The molecule has 174 valence electrons. The predicted octanol–water partition coefficient (Wildman–Crippen LogP) is 5.40. The largest absolute Gasteiger partial charge is 0.497 e. The number of rotatable bonds is 4. The normalized spacial score (nSPS) is 13.1. The van der Waals surface area contributed by atoms with E-state index in [1.165, 1.54) is 0 Å². The van der Waals surface area contributed by atoms with Gasteiger partial charge in [0.25, 0.3) is 0 Å². The number of fused-ring (bicyclic) bond motifs is 2. The van der Waals surface area contributed by atoms with E-state index in [1.54, 1.807) is 16.5 Å². The van der Waals surface area contributed by atoms with Crippen molar-refractivity contribution in [2.24, 2.45) is 0 Å². The number of ether oxygens (including phenoxy) is 2. The maximum Gasteiger partial charge on any atom is 0.410 e. The van der Waals surface area contributed by atoms with Crippen LogP contribution >= 0.6 is 0 Å². The van der Waals surface area contributed by atoms with Gasteiger partial charge in [0.1, 0.15) is 11.4 Å². The summed E-state index contributed by atoms with van der Waals surface area (Å²) >= 11 is 0. The Bertz CT molecular complexity index is 1370. The van der Waals surface area contributed by atoms with Crippen molar-refractivity contribution in [1.29, 1.82) is 0 Å². The van der Waals surface area contributed by atoms with Crippen LogP contribution in [-0.2, 0) is 17.8 Å². The van der Waals surface area contributed by atoms with E-state index >= 15 is 0 Å². The third-order valence-corrected chi connectivity index (χ3v) is 5.58. The summed E-state index contributed by atoms with van der Waals surface area (Å²) in [7, 11) is 1.65. The molecule has 5 rings (SSSR count). The molecule has 0 atom stereocenters. The maximum atomic E-state index is 12.5. The molecule has 0 saturated carbocycles. The molecule has 1 aliphatic heterocycles. The Balaban J connectivity index is 1.37. The number of nitrogens with zero attached hydrogens (tertiary/aromatic N) is 4. The van der Waals surface area contributed by atoms with Gasteiger partial charge in [0, 0.05) is 30.5 Å². The number of pyridine rings is 1. The number of carbonyl (C=O) groups is 1. The molecule has 1 amide bonds. The Morgan fingerprint density at radius 1 is 1.03 bits per heavy atom. The van der Waals surface area contributed by atoms with Crippen molar-refractivity contribution in [3.8, 4) is 16.9 Å². The molecule has 0 unspecified atom stereocenters. The van der Waals surface area contributed by atoms with Crippen molar-refractivity contribution in [1.82, 2.24) is 19.5 Å².